The maximum Gasteiger partial charge on any atom is 0.252 e. The van der Waals surface area contributed by atoms with Gasteiger partial charge in [0.25, 0.3) is 5.91 Å². The molecule has 1 amide bonds. The molecule has 21 heavy (non-hydrogen) atoms. The van der Waals surface area contributed by atoms with Crippen molar-refractivity contribution in [3.8, 4) is 17.2 Å². The molecule has 1 aliphatic rings. The smallest absolute Gasteiger partial charge is 0.252 e. The largest absolute Gasteiger partial charge is 0.493 e. The number of halogens is 1. The van der Waals surface area contributed by atoms with Gasteiger partial charge in [-0.1, -0.05) is 0 Å². The fourth-order valence-corrected chi connectivity index (χ4v) is 1.83. The van der Waals surface area contributed by atoms with Gasteiger partial charge in [-0.15, -0.1) is 12.4 Å². The van der Waals surface area contributed by atoms with Crippen molar-refractivity contribution in [1.82, 2.24) is 5.32 Å². The number of benzene rings is 1. The molecule has 0 radical (unpaired) electrons. The predicted molar refractivity (Wildman–Crippen MR) is 81.8 cm³/mol. The van der Waals surface area contributed by atoms with Crippen molar-refractivity contribution < 1.29 is 19.0 Å². The van der Waals surface area contributed by atoms with E-state index >= 15 is 0 Å². The van der Waals surface area contributed by atoms with E-state index in [1.54, 1.807) is 12.1 Å². The topological polar surface area (TPSA) is 82.8 Å². The molecule has 1 aliphatic heterocycles. The van der Waals surface area contributed by atoms with Crippen LogP contribution in [0.4, 0.5) is 0 Å². The first kappa shape index (κ1) is 17.4. The summed E-state index contributed by atoms with van der Waals surface area (Å²) in [7, 11) is 1.53. The van der Waals surface area contributed by atoms with Crippen LogP contribution in [0.15, 0.2) is 12.1 Å². The van der Waals surface area contributed by atoms with Crippen LogP contribution in [0, 0.1) is 0 Å². The molecule has 0 saturated heterocycles. The van der Waals surface area contributed by atoms with Gasteiger partial charge in [-0.05, 0) is 26.0 Å². The van der Waals surface area contributed by atoms with E-state index in [9.17, 15) is 4.79 Å². The van der Waals surface area contributed by atoms with E-state index in [1.807, 2.05) is 13.8 Å². The number of carbonyl (C=O) groups excluding carboxylic acids is 1. The molecule has 118 valence electrons. The SMILES string of the molecule is COc1cc(C(=O)NC(C)(C)CN)cc2c1OCCO2.Cl. The van der Waals surface area contributed by atoms with Crippen LogP contribution >= 0.6 is 12.4 Å². The number of hydrogen-bond donors (Lipinski definition) is 2. The highest BCUT2D eigenvalue weighted by molar-refractivity contribution is 5.96. The summed E-state index contributed by atoms with van der Waals surface area (Å²) in [5.41, 5.74) is 5.59. The minimum Gasteiger partial charge on any atom is -0.493 e. The standard InChI is InChI=1S/C14H20N2O4.ClH/c1-14(2,8-15)16-13(17)9-6-10(18-3)12-11(7-9)19-4-5-20-12;/h6-7H,4-5,8,15H2,1-3H3,(H,16,17);1H. The minimum atomic E-state index is -0.475. The summed E-state index contributed by atoms with van der Waals surface area (Å²) < 4.78 is 16.3. The molecule has 1 heterocycles. The monoisotopic (exact) mass is 316 g/mol. The molecule has 1 aromatic rings. The van der Waals surface area contributed by atoms with Gasteiger partial charge in [-0.2, -0.15) is 0 Å². The number of methoxy groups -OCH3 is 1. The van der Waals surface area contributed by atoms with Crippen molar-refractivity contribution in [3.63, 3.8) is 0 Å². The van der Waals surface area contributed by atoms with Crippen LogP contribution in [-0.2, 0) is 0 Å². The van der Waals surface area contributed by atoms with E-state index in [0.29, 0.717) is 42.6 Å². The van der Waals surface area contributed by atoms with Crippen LogP contribution < -0.4 is 25.3 Å². The minimum absolute atomic E-state index is 0. The lowest BCUT2D eigenvalue weighted by Gasteiger charge is -2.25. The summed E-state index contributed by atoms with van der Waals surface area (Å²) in [4.78, 5) is 12.3. The van der Waals surface area contributed by atoms with Gasteiger partial charge in [-0.3, -0.25) is 4.79 Å². The van der Waals surface area contributed by atoms with E-state index in [2.05, 4.69) is 5.32 Å². The van der Waals surface area contributed by atoms with Crippen LogP contribution in [0.25, 0.3) is 0 Å². The lowest BCUT2D eigenvalue weighted by atomic mass is 10.0. The van der Waals surface area contributed by atoms with Gasteiger partial charge in [-0.25, -0.2) is 0 Å². The Morgan fingerprint density at radius 1 is 1.38 bits per heavy atom. The third kappa shape index (κ3) is 3.92. The van der Waals surface area contributed by atoms with Crippen molar-refractivity contribution in [2.45, 2.75) is 19.4 Å². The highest BCUT2D eigenvalue weighted by Crippen LogP contribution is 2.40. The average molecular weight is 317 g/mol. The Bertz CT molecular complexity index is 503. The van der Waals surface area contributed by atoms with E-state index in [4.69, 9.17) is 19.9 Å². The zero-order chi connectivity index (χ0) is 14.8. The lowest BCUT2D eigenvalue weighted by Crippen LogP contribution is -2.48. The lowest BCUT2D eigenvalue weighted by molar-refractivity contribution is 0.0913. The number of ether oxygens (including phenoxy) is 3. The summed E-state index contributed by atoms with van der Waals surface area (Å²) in [5, 5.41) is 2.86. The zero-order valence-electron chi connectivity index (χ0n) is 12.4. The Morgan fingerprint density at radius 2 is 2.05 bits per heavy atom. The van der Waals surface area contributed by atoms with Gasteiger partial charge in [0.15, 0.2) is 11.5 Å². The van der Waals surface area contributed by atoms with Gasteiger partial charge in [0.1, 0.15) is 13.2 Å². The van der Waals surface area contributed by atoms with Crippen LogP contribution in [-0.4, -0.2) is 38.3 Å². The van der Waals surface area contributed by atoms with Crippen molar-refractivity contribution in [1.29, 1.82) is 0 Å². The van der Waals surface area contributed by atoms with Crippen molar-refractivity contribution >= 4 is 18.3 Å². The summed E-state index contributed by atoms with van der Waals surface area (Å²) >= 11 is 0. The molecule has 0 bridgehead atoms. The predicted octanol–water partition coefficient (Wildman–Crippen LogP) is 1.36. The number of amides is 1. The van der Waals surface area contributed by atoms with E-state index in [0.717, 1.165) is 0 Å². The molecule has 0 unspecified atom stereocenters. The Kier molecular flexibility index (Phi) is 5.69. The van der Waals surface area contributed by atoms with E-state index in [1.165, 1.54) is 7.11 Å². The molecular formula is C14H21ClN2O4. The molecule has 6 nitrogen and oxygen atoms in total. The number of nitrogens with two attached hydrogens (primary N) is 1. The average Bonchev–Trinajstić information content (AvgIpc) is 2.45. The number of nitrogens with one attached hydrogen (secondary N) is 1. The highest BCUT2D eigenvalue weighted by atomic mass is 35.5. The van der Waals surface area contributed by atoms with Crippen molar-refractivity contribution in [3.05, 3.63) is 17.7 Å². The quantitative estimate of drug-likeness (QED) is 0.876. The second-order valence-electron chi connectivity index (χ2n) is 5.24. The van der Waals surface area contributed by atoms with Crippen LogP contribution in [0.2, 0.25) is 0 Å². The first-order valence-electron chi connectivity index (χ1n) is 6.47. The molecule has 0 aromatic heterocycles. The van der Waals surface area contributed by atoms with Crippen molar-refractivity contribution in [2.75, 3.05) is 26.9 Å². The van der Waals surface area contributed by atoms with E-state index < -0.39 is 5.54 Å². The normalized spacial score (nSPS) is 13.1. The Balaban J connectivity index is 0.00000220. The number of rotatable bonds is 4. The maximum atomic E-state index is 12.3. The molecule has 0 fully saturated rings. The Morgan fingerprint density at radius 3 is 2.67 bits per heavy atom. The maximum absolute atomic E-state index is 12.3. The van der Waals surface area contributed by atoms with Gasteiger partial charge in [0, 0.05) is 17.6 Å². The van der Waals surface area contributed by atoms with Gasteiger partial charge in [0.05, 0.1) is 7.11 Å². The molecule has 0 aliphatic carbocycles. The first-order chi connectivity index (χ1) is 9.46. The molecule has 0 atom stereocenters. The molecule has 2 rings (SSSR count). The Hall–Kier alpha value is -1.66. The van der Waals surface area contributed by atoms with Crippen LogP contribution in [0.3, 0.4) is 0 Å². The van der Waals surface area contributed by atoms with E-state index in [-0.39, 0.29) is 18.3 Å². The fraction of sp³-hybridized carbons (Fsp3) is 0.500. The fourth-order valence-electron chi connectivity index (χ4n) is 1.83. The highest BCUT2D eigenvalue weighted by Gasteiger charge is 2.24. The number of carbonyl (C=O) groups is 1. The van der Waals surface area contributed by atoms with Gasteiger partial charge < -0.3 is 25.3 Å². The van der Waals surface area contributed by atoms with Crippen LogP contribution in [0.1, 0.15) is 24.2 Å². The van der Waals surface area contributed by atoms with Gasteiger partial charge >= 0.3 is 0 Å². The molecule has 0 saturated carbocycles. The van der Waals surface area contributed by atoms with Crippen LogP contribution in [0.5, 0.6) is 17.2 Å². The molecule has 1 aromatic carbocycles. The number of fused-ring (bicyclic) bond motifs is 1. The summed E-state index contributed by atoms with van der Waals surface area (Å²) in [6.45, 7) is 4.99. The van der Waals surface area contributed by atoms with Gasteiger partial charge in [0.2, 0.25) is 5.75 Å². The molecule has 0 spiro atoms. The molecule has 3 N–H and O–H groups in total. The Labute approximate surface area is 130 Å². The van der Waals surface area contributed by atoms with Crippen molar-refractivity contribution in [2.24, 2.45) is 5.73 Å². The summed E-state index contributed by atoms with van der Waals surface area (Å²) in [6.07, 6.45) is 0. The third-order valence-electron chi connectivity index (χ3n) is 3.05. The molecular weight excluding hydrogens is 296 g/mol. The number of hydrogen-bond acceptors (Lipinski definition) is 5. The second-order valence-corrected chi connectivity index (χ2v) is 5.24. The molecule has 7 heteroatoms. The summed E-state index contributed by atoms with van der Waals surface area (Å²) in [6, 6.07) is 3.29. The third-order valence-corrected chi connectivity index (χ3v) is 3.05. The second kappa shape index (κ2) is 6.87. The zero-order valence-corrected chi connectivity index (χ0v) is 13.2. The summed E-state index contributed by atoms with van der Waals surface area (Å²) in [5.74, 6) is 1.31. The first-order valence-corrected chi connectivity index (χ1v) is 6.47.